The summed E-state index contributed by atoms with van der Waals surface area (Å²) in [5.74, 6) is 5.98. The second-order valence-electron chi connectivity index (χ2n) is 3.45. The fourth-order valence-corrected chi connectivity index (χ4v) is 1.77. The third-order valence-corrected chi connectivity index (χ3v) is 2.94. The van der Waals surface area contributed by atoms with Crippen molar-refractivity contribution in [2.45, 2.75) is 26.3 Å². The molecule has 0 bridgehead atoms. The van der Waals surface area contributed by atoms with Gasteiger partial charge in [0.15, 0.2) is 0 Å². The summed E-state index contributed by atoms with van der Waals surface area (Å²) in [6.07, 6.45) is 0.788. The summed E-state index contributed by atoms with van der Waals surface area (Å²) >= 11 is 6.26. The molecule has 0 saturated heterocycles. The molecular weight excluding hydrogens is 206 g/mol. The number of hydrogen-bond donors (Lipinski definition) is 1. The van der Waals surface area contributed by atoms with E-state index >= 15 is 0 Å². The van der Waals surface area contributed by atoms with E-state index in [-0.39, 0.29) is 6.04 Å². The van der Waals surface area contributed by atoms with Gasteiger partial charge in [-0.15, -0.1) is 11.8 Å². The van der Waals surface area contributed by atoms with Gasteiger partial charge in [-0.05, 0) is 32.0 Å². The van der Waals surface area contributed by atoms with Crippen LogP contribution in [-0.2, 0) is 0 Å². The van der Waals surface area contributed by atoms with Crippen LogP contribution in [0.25, 0.3) is 0 Å². The molecule has 0 saturated carbocycles. The van der Waals surface area contributed by atoms with Crippen LogP contribution in [0, 0.1) is 18.8 Å². The van der Waals surface area contributed by atoms with Crippen LogP contribution in [0.4, 0.5) is 0 Å². The van der Waals surface area contributed by atoms with Crippen LogP contribution in [0.3, 0.4) is 0 Å². The van der Waals surface area contributed by atoms with Gasteiger partial charge in [0.25, 0.3) is 0 Å². The first kappa shape index (κ1) is 12.1. The van der Waals surface area contributed by atoms with Gasteiger partial charge in [-0.1, -0.05) is 29.8 Å². The molecule has 1 unspecified atom stereocenters. The highest BCUT2D eigenvalue weighted by Gasteiger charge is 2.12. The van der Waals surface area contributed by atoms with E-state index in [4.69, 9.17) is 11.6 Å². The van der Waals surface area contributed by atoms with Crippen molar-refractivity contribution in [2.75, 3.05) is 7.05 Å². The summed E-state index contributed by atoms with van der Waals surface area (Å²) < 4.78 is 0. The average Bonchev–Trinajstić information content (AvgIpc) is 2.25. The van der Waals surface area contributed by atoms with Crippen molar-refractivity contribution < 1.29 is 0 Å². The Balaban J connectivity index is 2.99. The monoisotopic (exact) mass is 221 g/mol. The zero-order valence-corrected chi connectivity index (χ0v) is 10.2. The standard InChI is InChI=1S/C13H16ClN/c1-4-5-9-12(15-3)11-8-6-7-10(2)13(11)14/h6-8,12,15H,9H2,1-3H3. The lowest BCUT2D eigenvalue weighted by Crippen LogP contribution is -2.16. The summed E-state index contributed by atoms with van der Waals surface area (Å²) in [5.41, 5.74) is 2.24. The Kier molecular flexibility index (Phi) is 4.68. The first-order valence-electron chi connectivity index (χ1n) is 5.02. The van der Waals surface area contributed by atoms with E-state index in [0.29, 0.717) is 0 Å². The van der Waals surface area contributed by atoms with Gasteiger partial charge >= 0.3 is 0 Å². The molecule has 0 aliphatic rings. The Morgan fingerprint density at radius 2 is 2.20 bits per heavy atom. The van der Waals surface area contributed by atoms with Crippen molar-refractivity contribution in [3.05, 3.63) is 34.3 Å². The summed E-state index contributed by atoms with van der Waals surface area (Å²) in [7, 11) is 1.93. The van der Waals surface area contributed by atoms with E-state index in [1.54, 1.807) is 0 Å². The Hall–Kier alpha value is -0.970. The van der Waals surface area contributed by atoms with Gasteiger partial charge in [-0.25, -0.2) is 0 Å². The normalized spacial score (nSPS) is 11.7. The summed E-state index contributed by atoms with van der Waals surface area (Å²) in [4.78, 5) is 0. The molecule has 1 rings (SSSR count). The predicted octanol–water partition coefficient (Wildman–Crippen LogP) is 3.32. The van der Waals surface area contributed by atoms with Gasteiger partial charge in [-0.3, -0.25) is 0 Å². The molecule has 0 spiro atoms. The molecule has 0 radical (unpaired) electrons. The van der Waals surface area contributed by atoms with Crippen molar-refractivity contribution in [3.63, 3.8) is 0 Å². The zero-order valence-electron chi connectivity index (χ0n) is 9.39. The van der Waals surface area contributed by atoms with Gasteiger partial charge in [0.1, 0.15) is 0 Å². The van der Waals surface area contributed by atoms with E-state index in [1.807, 2.05) is 39.1 Å². The minimum atomic E-state index is 0.213. The van der Waals surface area contributed by atoms with Gasteiger partial charge in [0, 0.05) is 17.5 Å². The quantitative estimate of drug-likeness (QED) is 0.773. The predicted molar refractivity (Wildman–Crippen MR) is 66.1 cm³/mol. The highest BCUT2D eigenvalue weighted by Crippen LogP contribution is 2.27. The van der Waals surface area contributed by atoms with Crippen molar-refractivity contribution >= 4 is 11.6 Å². The molecule has 0 aromatic heterocycles. The third-order valence-electron chi connectivity index (χ3n) is 2.43. The van der Waals surface area contributed by atoms with E-state index in [2.05, 4.69) is 17.2 Å². The van der Waals surface area contributed by atoms with Crippen molar-refractivity contribution in [2.24, 2.45) is 0 Å². The maximum absolute atomic E-state index is 6.26. The van der Waals surface area contributed by atoms with Crippen molar-refractivity contribution in [3.8, 4) is 11.8 Å². The molecule has 80 valence electrons. The number of halogens is 1. The maximum Gasteiger partial charge on any atom is 0.0483 e. The first-order chi connectivity index (χ1) is 7.20. The summed E-state index contributed by atoms with van der Waals surface area (Å²) in [6.45, 7) is 3.87. The molecule has 1 N–H and O–H groups in total. The summed E-state index contributed by atoms with van der Waals surface area (Å²) in [6, 6.07) is 6.31. The zero-order chi connectivity index (χ0) is 11.3. The van der Waals surface area contributed by atoms with Gasteiger partial charge in [0.2, 0.25) is 0 Å². The van der Waals surface area contributed by atoms with Crippen LogP contribution in [0.1, 0.15) is 30.5 Å². The topological polar surface area (TPSA) is 12.0 Å². The highest BCUT2D eigenvalue weighted by molar-refractivity contribution is 6.32. The molecular formula is C13H16ClN. The molecule has 1 atom stereocenters. The van der Waals surface area contributed by atoms with E-state index in [9.17, 15) is 0 Å². The molecule has 0 amide bonds. The molecule has 2 heteroatoms. The Morgan fingerprint density at radius 1 is 1.47 bits per heavy atom. The van der Waals surface area contributed by atoms with Crippen molar-refractivity contribution in [1.29, 1.82) is 0 Å². The minimum absolute atomic E-state index is 0.213. The van der Waals surface area contributed by atoms with Crippen LogP contribution in [0.2, 0.25) is 5.02 Å². The second-order valence-corrected chi connectivity index (χ2v) is 3.83. The number of nitrogens with one attached hydrogen (secondary N) is 1. The lowest BCUT2D eigenvalue weighted by molar-refractivity contribution is 0.611. The highest BCUT2D eigenvalue weighted by atomic mass is 35.5. The number of benzene rings is 1. The largest absolute Gasteiger partial charge is 0.312 e. The molecule has 0 aliphatic carbocycles. The molecule has 0 aliphatic heterocycles. The van der Waals surface area contributed by atoms with E-state index in [1.165, 1.54) is 0 Å². The molecule has 1 aromatic carbocycles. The number of rotatable bonds is 3. The molecule has 1 nitrogen and oxygen atoms in total. The van der Waals surface area contributed by atoms with Crippen LogP contribution in [0.5, 0.6) is 0 Å². The summed E-state index contributed by atoms with van der Waals surface area (Å²) in [5, 5.41) is 4.08. The van der Waals surface area contributed by atoms with E-state index < -0.39 is 0 Å². The molecule has 0 fully saturated rings. The van der Waals surface area contributed by atoms with Crippen molar-refractivity contribution in [1.82, 2.24) is 5.32 Å². The third kappa shape index (κ3) is 2.99. The molecule has 0 heterocycles. The number of hydrogen-bond acceptors (Lipinski definition) is 1. The minimum Gasteiger partial charge on any atom is -0.312 e. The smallest absolute Gasteiger partial charge is 0.0483 e. The van der Waals surface area contributed by atoms with Gasteiger partial charge in [0.05, 0.1) is 0 Å². The van der Waals surface area contributed by atoms with E-state index in [0.717, 1.165) is 22.6 Å². The van der Waals surface area contributed by atoms with Crippen LogP contribution in [-0.4, -0.2) is 7.05 Å². The fraction of sp³-hybridized carbons (Fsp3) is 0.385. The van der Waals surface area contributed by atoms with Crippen LogP contribution in [0.15, 0.2) is 18.2 Å². The molecule has 15 heavy (non-hydrogen) atoms. The van der Waals surface area contributed by atoms with Crippen LogP contribution >= 0.6 is 11.6 Å². The molecule has 1 aromatic rings. The Bertz CT molecular complexity index is 387. The lowest BCUT2D eigenvalue weighted by Gasteiger charge is -2.16. The number of aryl methyl sites for hydroxylation is 1. The Morgan fingerprint density at radius 3 is 2.80 bits per heavy atom. The fourth-order valence-electron chi connectivity index (χ4n) is 1.51. The van der Waals surface area contributed by atoms with Gasteiger partial charge < -0.3 is 5.32 Å². The van der Waals surface area contributed by atoms with Gasteiger partial charge in [-0.2, -0.15) is 0 Å². The second kappa shape index (κ2) is 5.80. The maximum atomic E-state index is 6.26. The lowest BCUT2D eigenvalue weighted by atomic mass is 10.0. The van der Waals surface area contributed by atoms with Crippen LogP contribution < -0.4 is 5.32 Å². The SMILES string of the molecule is CC#CCC(NC)c1cccc(C)c1Cl. The Labute approximate surface area is 96.8 Å². The first-order valence-corrected chi connectivity index (χ1v) is 5.40. The average molecular weight is 222 g/mol.